The van der Waals surface area contributed by atoms with Crippen LogP contribution in [0, 0.1) is 12.8 Å². The van der Waals surface area contributed by atoms with Gasteiger partial charge in [-0.1, -0.05) is 6.92 Å². The topological polar surface area (TPSA) is 79.2 Å². The number of hydrogen-bond donors (Lipinski definition) is 1. The van der Waals surface area contributed by atoms with Crippen molar-refractivity contribution in [3.63, 3.8) is 0 Å². The minimum atomic E-state index is 0.198. The average Bonchev–Trinajstić information content (AvgIpc) is 3.07. The van der Waals surface area contributed by atoms with Gasteiger partial charge in [-0.15, -0.1) is 0 Å². The molecule has 1 fully saturated rings. The van der Waals surface area contributed by atoms with Gasteiger partial charge in [0.25, 0.3) is 0 Å². The number of hydrogen-bond acceptors (Lipinski definition) is 6. The van der Waals surface area contributed by atoms with Gasteiger partial charge in [-0.2, -0.15) is 5.10 Å². The molecule has 1 aliphatic heterocycles. The third-order valence-corrected chi connectivity index (χ3v) is 5.77. The van der Waals surface area contributed by atoms with E-state index in [4.69, 9.17) is 0 Å². The minimum absolute atomic E-state index is 0.198. The lowest BCUT2D eigenvalue weighted by Gasteiger charge is -2.33. The quantitative estimate of drug-likeness (QED) is 0.681. The van der Waals surface area contributed by atoms with Crippen LogP contribution in [0.3, 0.4) is 0 Å². The van der Waals surface area contributed by atoms with Crippen LogP contribution in [-0.4, -0.2) is 57.2 Å². The highest BCUT2D eigenvalue weighted by Gasteiger charge is 2.23. The van der Waals surface area contributed by atoms with Crippen LogP contribution in [0.15, 0.2) is 18.6 Å². The van der Waals surface area contributed by atoms with Crippen LogP contribution < -0.4 is 10.2 Å². The highest BCUT2D eigenvalue weighted by Crippen LogP contribution is 2.26. The summed E-state index contributed by atoms with van der Waals surface area (Å²) in [5.74, 6) is 2.57. The first-order chi connectivity index (χ1) is 14.5. The second-order valence-corrected chi connectivity index (χ2v) is 8.34. The van der Waals surface area contributed by atoms with Crippen molar-refractivity contribution in [1.29, 1.82) is 0 Å². The van der Waals surface area contributed by atoms with Gasteiger partial charge in [-0.25, -0.2) is 9.97 Å². The average molecular weight is 414 g/mol. The number of rotatable bonds is 9. The van der Waals surface area contributed by atoms with E-state index in [1.165, 1.54) is 6.42 Å². The fourth-order valence-electron chi connectivity index (χ4n) is 4.04. The first-order valence-electron chi connectivity index (χ1n) is 11.0. The Labute approximate surface area is 179 Å². The van der Waals surface area contributed by atoms with Crippen LogP contribution in [0.1, 0.15) is 50.3 Å². The number of anilines is 2. The molecule has 0 saturated carbocycles. The molecule has 2 aromatic rings. The molecule has 0 aliphatic carbocycles. The van der Waals surface area contributed by atoms with Crippen LogP contribution in [0.2, 0.25) is 0 Å². The molecule has 0 aromatic carbocycles. The summed E-state index contributed by atoms with van der Waals surface area (Å²) in [6.07, 6.45) is 8.49. The van der Waals surface area contributed by atoms with Crippen molar-refractivity contribution in [2.24, 2.45) is 13.0 Å². The van der Waals surface area contributed by atoms with E-state index in [9.17, 15) is 4.79 Å². The van der Waals surface area contributed by atoms with Crippen molar-refractivity contribution in [3.05, 3.63) is 29.8 Å². The largest absolute Gasteiger partial charge is 0.370 e. The van der Waals surface area contributed by atoms with Crippen LogP contribution in [-0.2, 0) is 18.4 Å². The summed E-state index contributed by atoms with van der Waals surface area (Å²) in [5, 5.41) is 7.69. The molecule has 3 heterocycles. The van der Waals surface area contributed by atoms with E-state index in [1.807, 2.05) is 38.2 Å². The van der Waals surface area contributed by atoms with Crippen LogP contribution >= 0.6 is 0 Å². The number of amides is 1. The molecule has 1 unspecified atom stereocenters. The Balaban J connectivity index is 1.50. The van der Waals surface area contributed by atoms with Gasteiger partial charge in [0.2, 0.25) is 5.91 Å². The van der Waals surface area contributed by atoms with Crippen molar-refractivity contribution in [1.82, 2.24) is 24.6 Å². The molecular formula is C22H35N7O. The fourth-order valence-corrected chi connectivity index (χ4v) is 4.04. The van der Waals surface area contributed by atoms with Gasteiger partial charge in [0.05, 0.1) is 5.69 Å². The summed E-state index contributed by atoms with van der Waals surface area (Å²) >= 11 is 0. The number of carbonyl (C=O) groups excluding carboxylic acids is 1. The second kappa shape index (κ2) is 10.4. The summed E-state index contributed by atoms with van der Waals surface area (Å²) < 4.78 is 1.80. The Morgan fingerprint density at radius 3 is 2.93 bits per heavy atom. The van der Waals surface area contributed by atoms with Crippen LogP contribution in [0.25, 0.3) is 0 Å². The Morgan fingerprint density at radius 1 is 1.37 bits per heavy atom. The van der Waals surface area contributed by atoms with E-state index in [1.54, 1.807) is 11.0 Å². The number of piperidine rings is 1. The molecule has 164 valence electrons. The molecule has 1 saturated heterocycles. The SMILES string of the molecule is CCCNc1cc(N2CCCC(CCC(=O)N(C)Cc3cn(C)nc3C)C2)ncn1. The van der Waals surface area contributed by atoms with Crippen LogP contribution in [0.4, 0.5) is 11.6 Å². The molecule has 30 heavy (non-hydrogen) atoms. The predicted octanol–water partition coefficient (Wildman–Crippen LogP) is 3.00. The lowest BCUT2D eigenvalue weighted by Crippen LogP contribution is -2.36. The highest BCUT2D eigenvalue weighted by molar-refractivity contribution is 5.75. The molecule has 0 bridgehead atoms. The van der Waals surface area contributed by atoms with E-state index in [0.29, 0.717) is 18.9 Å². The summed E-state index contributed by atoms with van der Waals surface area (Å²) in [7, 11) is 3.79. The van der Waals surface area contributed by atoms with Crippen molar-refractivity contribution >= 4 is 17.5 Å². The zero-order chi connectivity index (χ0) is 21.5. The Kier molecular flexibility index (Phi) is 7.65. The highest BCUT2D eigenvalue weighted by atomic mass is 16.2. The number of carbonyl (C=O) groups is 1. The molecule has 1 aliphatic rings. The normalized spacial score (nSPS) is 16.5. The van der Waals surface area contributed by atoms with E-state index in [0.717, 1.165) is 61.8 Å². The van der Waals surface area contributed by atoms with Gasteiger partial charge in [0.15, 0.2) is 0 Å². The smallest absolute Gasteiger partial charge is 0.222 e. The predicted molar refractivity (Wildman–Crippen MR) is 119 cm³/mol. The molecule has 8 heteroatoms. The minimum Gasteiger partial charge on any atom is -0.370 e. The van der Waals surface area contributed by atoms with Gasteiger partial charge >= 0.3 is 0 Å². The number of aromatic nitrogens is 4. The number of nitrogens with zero attached hydrogens (tertiary/aromatic N) is 6. The van der Waals surface area contributed by atoms with Crippen molar-refractivity contribution in [2.45, 2.75) is 52.5 Å². The Morgan fingerprint density at radius 2 is 2.20 bits per heavy atom. The second-order valence-electron chi connectivity index (χ2n) is 8.34. The Hall–Kier alpha value is -2.64. The first kappa shape index (κ1) is 22.1. The van der Waals surface area contributed by atoms with E-state index in [2.05, 4.69) is 32.2 Å². The van der Waals surface area contributed by atoms with Crippen molar-refractivity contribution in [3.8, 4) is 0 Å². The maximum atomic E-state index is 12.7. The van der Waals surface area contributed by atoms with Crippen molar-refractivity contribution < 1.29 is 4.79 Å². The van der Waals surface area contributed by atoms with Gasteiger partial charge in [-0.05, 0) is 38.5 Å². The molecule has 0 radical (unpaired) electrons. The zero-order valence-corrected chi connectivity index (χ0v) is 18.8. The molecule has 2 aromatic heterocycles. The molecule has 1 amide bonds. The van der Waals surface area contributed by atoms with Gasteiger partial charge in [0.1, 0.15) is 18.0 Å². The van der Waals surface area contributed by atoms with E-state index >= 15 is 0 Å². The number of nitrogens with one attached hydrogen (secondary N) is 1. The maximum Gasteiger partial charge on any atom is 0.222 e. The van der Waals surface area contributed by atoms with E-state index < -0.39 is 0 Å². The summed E-state index contributed by atoms with van der Waals surface area (Å²) in [4.78, 5) is 25.6. The fraction of sp³-hybridized carbons (Fsp3) is 0.636. The van der Waals surface area contributed by atoms with E-state index in [-0.39, 0.29) is 5.91 Å². The monoisotopic (exact) mass is 413 g/mol. The lowest BCUT2D eigenvalue weighted by molar-refractivity contribution is -0.130. The van der Waals surface area contributed by atoms with Crippen LogP contribution in [0.5, 0.6) is 0 Å². The summed E-state index contributed by atoms with van der Waals surface area (Å²) in [6, 6.07) is 2.03. The summed E-state index contributed by atoms with van der Waals surface area (Å²) in [6.45, 7) is 7.61. The van der Waals surface area contributed by atoms with Crippen molar-refractivity contribution in [2.75, 3.05) is 36.9 Å². The molecule has 1 atom stereocenters. The number of aryl methyl sites for hydroxylation is 2. The molecule has 8 nitrogen and oxygen atoms in total. The molecular weight excluding hydrogens is 378 g/mol. The molecule has 0 spiro atoms. The zero-order valence-electron chi connectivity index (χ0n) is 18.8. The van der Waals surface area contributed by atoms with Gasteiger partial charge in [-0.3, -0.25) is 9.48 Å². The molecule has 1 N–H and O–H groups in total. The summed E-state index contributed by atoms with van der Waals surface area (Å²) in [5.41, 5.74) is 2.09. The Bertz CT molecular complexity index is 835. The van der Waals surface area contributed by atoms with Gasteiger partial charge < -0.3 is 15.1 Å². The maximum absolute atomic E-state index is 12.7. The lowest BCUT2D eigenvalue weighted by atomic mass is 9.93. The first-order valence-corrected chi connectivity index (χ1v) is 11.0. The third kappa shape index (κ3) is 5.93. The molecule has 3 rings (SSSR count). The standard InChI is InChI=1S/C22H35N7O/c1-5-10-23-20-12-21(25-16-24-20)29-11-6-7-18(13-29)8-9-22(30)27(3)14-19-15-28(4)26-17(19)2/h12,15-16,18H,5-11,13-14H2,1-4H3,(H,23,24,25). The third-order valence-electron chi connectivity index (χ3n) is 5.77. The van der Waals surface area contributed by atoms with Gasteiger partial charge in [0, 0.05) is 64.5 Å².